The minimum absolute atomic E-state index is 0.255. The summed E-state index contributed by atoms with van der Waals surface area (Å²) in [5.41, 5.74) is 0.997. The molecule has 0 spiro atoms. The molecule has 0 saturated carbocycles. The van der Waals surface area contributed by atoms with Crippen LogP contribution in [0.2, 0.25) is 0 Å². The van der Waals surface area contributed by atoms with Crippen molar-refractivity contribution >= 4 is 15.9 Å². The first-order valence-electron chi connectivity index (χ1n) is 5.46. The first-order valence-corrected chi connectivity index (χ1v) is 6.25. The minimum atomic E-state index is -0.297. The molecule has 0 saturated heterocycles. The van der Waals surface area contributed by atoms with E-state index < -0.39 is 0 Å². The fourth-order valence-electron chi connectivity index (χ4n) is 1.47. The van der Waals surface area contributed by atoms with E-state index in [1.807, 2.05) is 6.92 Å². The van der Waals surface area contributed by atoms with Crippen molar-refractivity contribution in [1.29, 1.82) is 0 Å². The Morgan fingerprint density at radius 1 is 1.50 bits per heavy atom. The maximum Gasteiger partial charge on any atom is 0.137 e. The van der Waals surface area contributed by atoms with E-state index in [0.717, 1.165) is 18.4 Å². The van der Waals surface area contributed by atoms with Crippen molar-refractivity contribution in [2.24, 2.45) is 0 Å². The molecule has 0 fully saturated rings. The number of hydrogen-bond acceptors (Lipinski definition) is 2. The van der Waals surface area contributed by atoms with Gasteiger partial charge in [-0.1, -0.05) is 19.4 Å². The molecule has 1 atom stereocenters. The van der Waals surface area contributed by atoms with Crippen LogP contribution in [0.5, 0.6) is 0 Å². The van der Waals surface area contributed by atoms with E-state index >= 15 is 0 Å². The van der Waals surface area contributed by atoms with Crippen molar-refractivity contribution in [2.45, 2.75) is 32.4 Å². The number of benzene rings is 1. The molecule has 0 aromatic heterocycles. The summed E-state index contributed by atoms with van der Waals surface area (Å²) in [6.45, 7) is 3.25. The highest BCUT2D eigenvalue weighted by atomic mass is 79.9. The van der Waals surface area contributed by atoms with Crippen molar-refractivity contribution < 1.29 is 9.50 Å². The SMILES string of the molecule is CCCC(O)CNCc1ccc(F)c(Br)c1. The third-order valence-electron chi connectivity index (χ3n) is 2.31. The van der Waals surface area contributed by atoms with Crippen LogP contribution < -0.4 is 5.32 Å². The molecule has 0 radical (unpaired) electrons. The Balaban J connectivity index is 2.34. The molecule has 16 heavy (non-hydrogen) atoms. The van der Waals surface area contributed by atoms with E-state index in [2.05, 4.69) is 21.2 Å². The molecule has 0 aliphatic heterocycles. The maximum absolute atomic E-state index is 12.9. The zero-order chi connectivity index (χ0) is 12.0. The van der Waals surface area contributed by atoms with Crippen LogP contribution in [-0.4, -0.2) is 17.8 Å². The fraction of sp³-hybridized carbons (Fsp3) is 0.500. The lowest BCUT2D eigenvalue weighted by Gasteiger charge is -2.10. The van der Waals surface area contributed by atoms with Gasteiger partial charge >= 0.3 is 0 Å². The van der Waals surface area contributed by atoms with Crippen LogP contribution in [0, 0.1) is 5.82 Å². The molecular weight excluding hydrogens is 273 g/mol. The van der Waals surface area contributed by atoms with Gasteiger partial charge < -0.3 is 10.4 Å². The van der Waals surface area contributed by atoms with Crippen LogP contribution in [0.3, 0.4) is 0 Å². The third kappa shape index (κ3) is 4.60. The Bertz CT molecular complexity index is 333. The smallest absolute Gasteiger partial charge is 0.137 e. The monoisotopic (exact) mass is 289 g/mol. The molecule has 4 heteroatoms. The van der Waals surface area contributed by atoms with E-state index in [-0.39, 0.29) is 11.9 Å². The molecule has 1 aromatic carbocycles. The highest BCUT2D eigenvalue weighted by Gasteiger charge is 2.03. The van der Waals surface area contributed by atoms with Crippen LogP contribution >= 0.6 is 15.9 Å². The maximum atomic E-state index is 12.9. The van der Waals surface area contributed by atoms with E-state index in [0.29, 0.717) is 17.6 Å². The number of halogens is 2. The minimum Gasteiger partial charge on any atom is -0.392 e. The average molecular weight is 290 g/mol. The summed E-state index contributed by atoms with van der Waals surface area (Å²) < 4.78 is 13.4. The second-order valence-corrected chi connectivity index (χ2v) is 4.68. The van der Waals surface area contributed by atoms with Crippen molar-refractivity contribution in [3.05, 3.63) is 34.1 Å². The number of hydrogen-bond donors (Lipinski definition) is 2. The van der Waals surface area contributed by atoms with Gasteiger partial charge in [0.05, 0.1) is 10.6 Å². The highest BCUT2D eigenvalue weighted by Crippen LogP contribution is 2.16. The molecule has 0 heterocycles. The molecule has 1 aromatic rings. The largest absolute Gasteiger partial charge is 0.392 e. The van der Waals surface area contributed by atoms with Gasteiger partial charge in [0.1, 0.15) is 5.82 Å². The average Bonchev–Trinajstić information content (AvgIpc) is 2.24. The van der Waals surface area contributed by atoms with Crippen LogP contribution in [0.1, 0.15) is 25.3 Å². The zero-order valence-corrected chi connectivity index (χ0v) is 10.9. The van der Waals surface area contributed by atoms with Crippen molar-refractivity contribution in [3.8, 4) is 0 Å². The Morgan fingerprint density at radius 2 is 2.25 bits per heavy atom. The highest BCUT2D eigenvalue weighted by molar-refractivity contribution is 9.10. The first kappa shape index (κ1) is 13.6. The topological polar surface area (TPSA) is 32.3 Å². The summed E-state index contributed by atoms with van der Waals surface area (Å²) in [5.74, 6) is -0.255. The molecule has 0 aliphatic rings. The van der Waals surface area contributed by atoms with E-state index in [4.69, 9.17) is 0 Å². The van der Waals surface area contributed by atoms with Gasteiger partial charge in [-0.3, -0.25) is 0 Å². The molecule has 2 nitrogen and oxygen atoms in total. The van der Waals surface area contributed by atoms with Crippen LogP contribution in [0.25, 0.3) is 0 Å². The van der Waals surface area contributed by atoms with Gasteiger partial charge in [0.2, 0.25) is 0 Å². The molecule has 1 unspecified atom stereocenters. The lowest BCUT2D eigenvalue weighted by Crippen LogP contribution is -2.26. The van der Waals surface area contributed by atoms with Crippen molar-refractivity contribution in [3.63, 3.8) is 0 Å². The lowest BCUT2D eigenvalue weighted by molar-refractivity contribution is 0.160. The van der Waals surface area contributed by atoms with Crippen molar-refractivity contribution in [1.82, 2.24) is 5.32 Å². The summed E-state index contributed by atoms with van der Waals surface area (Å²) in [4.78, 5) is 0. The predicted octanol–water partition coefficient (Wildman–Crippen LogP) is 2.84. The van der Waals surface area contributed by atoms with Crippen molar-refractivity contribution in [2.75, 3.05) is 6.54 Å². The quantitative estimate of drug-likeness (QED) is 0.844. The van der Waals surface area contributed by atoms with Crippen LogP contribution in [-0.2, 0) is 6.54 Å². The van der Waals surface area contributed by atoms with Gasteiger partial charge in [-0.2, -0.15) is 0 Å². The molecule has 0 amide bonds. The van der Waals surface area contributed by atoms with E-state index in [1.54, 1.807) is 12.1 Å². The van der Waals surface area contributed by atoms with Gasteiger partial charge in [0, 0.05) is 13.1 Å². The summed E-state index contributed by atoms with van der Waals surface area (Å²) >= 11 is 3.14. The Morgan fingerprint density at radius 3 is 2.88 bits per heavy atom. The zero-order valence-electron chi connectivity index (χ0n) is 9.34. The summed E-state index contributed by atoms with van der Waals surface area (Å²) in [6, 6.07) is 4.91. The Labute approximate surface area is 104 Å². The number of aliphatic hydroxyl groups excluding tert-OH is 1. The third-order valence-corrected chi connectivity index (χ3v) is 2.92. The summed E-state index contributed by atoms with van der Waals surface area (Å²) in [5, 5.41) is 12.6. The van der Waals surface area contributed by atoms with Gasteiger partial charge in [-0.15, -0.1) is 0 Å². The Kier molecular flexibility index (Phi) is 5.95. The predicted molar refractivity (Wildman–Crippen MR) is 66.7 cm³/mol. The molecule has 0 aliphatic carbocycles. The van der Waals surface area contributed by atoms with E-state index in [9.17, 15) is 9.50 Å². The lowest BCUT2D eigenvalue weighted by atomic mass is 10.2. The molecular formula is C12H17BrFNO. The first-order chi connectivity index (χ1) is 7.63. The van der Waals surface area contributed by atoms with Gasteiger partial charge in [0.25, 0.3) is 0 Å². The number of aliphatic hydroxyl groups is 1. The van der Waals surface area contributed by atoms with Gasteiger partial charge in [-0.05, 0) is 40.0 Å². The second kappa shape index (κ2) is 6.99. The standard InChI is InChI=1S/C12H17BrFNO/c1-2-3-10(16)8-15-7-9-4-5-12(14)11(13)6-9/h4-6,10,15-16H,2-3,7-8H2,1H3. The second-order valence-electron chi connectivity index (χ2n) is 3.82. The molecule has 0 bridgehead atoms. The molecule has 1 rings (SSSR count). The Hall–Kier alpha value is -0.450. The van der Waals surface area contributed by atoms with Gasteiger partial charge in [-0.25, -0.2) is 4.39 Å². The summed E-state index contributed by atoms with van der Waals surface area (Å²) in [6.07, 6.45) is 1.49. The number of nitrogens with one attached hydrogen (secondary N) is 1. The summed E-state index contributed by atoms with van der Waals surface area (Å²) in [7, 11) is 0. The van der Waals surface area contributed by atoms with Crippen LogP contribution in [0.15, 0.2) is 22.7 Å². The molecule has 2 N–H and O–H groups in total. The molecule has 90 valence electrons. The van der Waals surface area contributed by atoms with Gasteiger partial charge in [0.15, 0.2) is 0 Å². The van der Waals surface area contributed by atoms with Crippen LogP contribution in [0.4, 0.5) is 4.39 Å². The van der Waals surface area contributed by atoms with E-state index in [1.165, 1.54) is 6.07 Å². The normalized spacial score (nSPS) is 12.8. The number of rotatable bonds is 6. The fourth-order valence-corrected chi connectivity index (χ4v) is 1.89.